The van der Waals surface area contributed by atoms with E-state index in [0.717, 1.165) is 19.4 Å². The minimum Gasteiger partial charge on any atom is -0.339 e. The second kappa shape index (κ2) is 6.01. The first kappa shape index (κ1) is 13.1. The van der Waals surface area contributed by atoms with Crippen LogP contribution in [0.5, 0.6) is 0 Å². The summed E-state index contributed by atoms with van der Waals surface area (Å²) in [4.78, 5) is 14.1. The minimum absolute atomic E-state index is 0.256. The van der Waals surface area contributed by atoms with E-state index >= 15 is 0 Å². The number of benzene rings is 1. The van der Waals surface area contributed by atoms with Crippen LogP contribution in [0.1, 0.15) is 37.7 Å². The molecule has 18 heavy (non-hydrogen) atoms. The van der Waals surface area contributed by atoms with Crippen molar-refractivity contribution in [3.63, 3.8) is 0 Å². The molecule has 0 bridgehead atoms. The Morgan fingerprint density at radius 3 is 2.78 bits per heavy atom. The molecule has 0 aromatic heterocycles. The van der Waals surface area contributed by atoms with E-state index in [1.807, 2.05) is 11.0 Å². The van der Waals surface area contributed by atoms with Gasteiger partial charge in [0, 0.05) is 24.9 Å². The Morgan fingerprint density at radius 2 is 2.11 bits per heavy atom. The fourth-order valence-corrected chi connectivity index (χ4v) is 2.74. The molecular weight excluding hydrogens is 224 g/mol. The molecule has 0 spiro atoms. The molecule has 1 amide bonds. The maximum atomic E-state index is 12.1. The molecule has 1 aliphatic heterocycles. The third-order valence-electron chi connectivity index (χ3n) is 3.76. The van der Waals surface area contributed by atoms with Gasteiger partial charge >= 0.3 is 0 Å². The predicted octanol–water partition coefficient (Wildman–Crippen LogP) is 2.13. The molecule has 1 fully saturated rings. The summed E-state index contributed by atoms with van der Waals surface area (Å²) in [6.07, 6.45) is 2.44. The number of nitrogens with zero attached hydrogens (tertiary/aromatic N) is 1. The van der Waals surface area contributed by atoms with Gasteiger partial charge in [-0.05, 0) is 31.9 Å². The molecular formula is C15H22N2O. The van der Waals surface area contributed by atoms with Crippen LogP contribution in [0.3, 0.4) is 0 Å². The summed E-state index contributed by atoms with van der Waals surface area (Å²) in [6.45, 7) is 3.59. The van der Waals surface area contributed by atoms with E-state index in [0.29, 0.717) is 24.9 Å². The highest BCUT2D eigenvalue weighted by Crippen LogP contribution is 2.31. The highest BCUT2D eigenvalue weighted by Gasteiger charge is 2.32. The van der Waals surface area contributed by atoms with Gasteiger partial charge in [-0.3, -0.25) is 4.79 Å². The number of likely N-dealkylation sites (tertiary alicyclic amines) is 1. The number of carbonyl (C=O) groups is 1. The second-order valence-electron chi connectivity index (χ2n) is 5.13. The van der Waals surface area contributed by atoms with Crippen LogP contribution in [-0.4, -0.2) is 29.9 Å². The van der Waals surface area contributed by atoms with Gasteiger partial charge in [0.15, 0.2) is 0 Å². The zero-order chi connectivity index (χ0) is 13.0. The van der Waals surface area contributed by atoms with Gasteiger partial charge in [-0.1, -0.05) is 30.3 Å². The number of rotatable bonds is 4. The second-order valence-corrected chi connectivity index (χ2v) is 5.13. The van der Waals surface area contributed by atoms with Crippen molar-refractivity contribution in [2.24, 2.45) is 5.73 Å². The molecule has 1 aromatic carbocycles. The third-order valence-corrected chi connectivity index (χ3v) is 3.76. The van der Waals surface area contributed by atoms with Crippen LogP contribution in [0.2, 0.25) is 0 Å². The average molecular weight is 246 g/mol. The molecule has 2 N–H and O–H groups in total. The Morgan fingerprint density at radius 1 is 1.39 bits per heavy atom. The summed E-state index contributed by atoms with van der Waals surface area (Å²) in [5, 5.41) is 0. The molecule has 1 heterocycles. The van der Waals surface area contributed by atoms with Crippen molar-refractivity contribution in [1.29, 1.82) is 0 Å². The zero-order valence-electron chi connectivity index (χ0n) is 11.0. The van der Waals surface area contributed by atoms with Crippen LogP contribution in [0.25, 0.3) is 0 Å². The Labute approximate surface area is 109 Å². The van der Waals surface area contributed by atoms with Crippen molar-refractivity contribution < 1.29 is 4.79 Å². The molecule has 0 saturated carbocycles. The Bertz CT molecular complexity index is 391. The zero-order valence-corrected chi connectivity index (χ0v) is 11.0. The van der Waals surface area contributed by atoms with Crippen LogP contribution >= 0.6 is 0 Å². The fourth-order valence-electron chi connectivity index (χ4n) is 2.74. The molecule has 0 radical (unpaired) electrons. The monoisotopic (exact) mass is 246 g/mol. The van der Waals surface area contributed by atoms with Crippen LogP contribution in [0.15, 0.2) is 30.3 Å². The summed E-state index contributed by atoms with van der Waals surface area (Å²) < 4.78 is 0. The van der Waals surface area contributed by atoms with Gasteiger partial charge in [0.2, 0.25) is 5.91 Å². The maximum Gasteiger partial charge on any atom is 0.222 e. The quantitative estimate of drug-likeness (QED) is 0.884. The molecule has 2 unspecified atom stereocenters. The van der Waals surface area contributed by atoms with E-state index in [-0.39, 0.29) is 5.91 Å². The first-order valence-electron chi connectivity index (χ1n) is 6.77. The van der Waals surface area contributed by atoms with Gasteiger partial charge in [0.1, 0.15) is 0 Å². The van der Waals surface area contributed by atoms with Crippen molar-refractivity contribution in [2.45, 2.75) is 38.1 Å². The van der Waals surface area contributed by atoms with Crippen LogP contribution in [0, 0.1) is 0 Å². The maximum absolute atomic E-state index is 12.1. The largest absolute Gasteiger partial charge is 0.339 e. The third kappa shape index (κ3) is 2.91. The Hall–Kier alpha value is -1.35. The predicted molar refractivity (Wildman–Crippen MR) is 73.3 cm³/mol. The fraction of sp³-hybridized carbons (Fsp3) is 0.533. The van der Waals surface area contributed by atoms with Crippen molar-refractivity contribution >= 4 is 5.91 Å². The van der Waals surface area contributed by atoms with Gasteiger partial charge in [0.05, 0.1) is 0 Å². The lowest BCUT2D eigenvalue weighted by atomic mass is 9.97. The molecule has 1 aromatic rings. The molecule has 1 saturated heterocycles. The van der Waals surface area contributed by atoms with Crippen LogP contribution < -0.4 is 5.73 Å². The first-order valence-corrected chi connectivity index (χ1v) is 6.77. The lowest BCUT2D eigenvalue weighted by Crippen LogP contribution is -2.34. The van der Waals surface area contributed by atoms with E-state index < -0.39 is 0 Å². The Balaban J connectivity index is 1.98. The summed E-state index contributed by atoms with van der Waals surface area (Å²) >= 11 is 0. The van der Waals surface area contributed by atoms with Gasteiger partial charge in [-0.15, -0.1) is 0 Å². The average Bonchev–Trinajstić information content (AvgIpc) is 2.79. The van der Waals surface area contributed by atoms with Crippen LogP contribution in [-0.2, 0) is 4.79 Å². The van der Waals surface area contributed by atoms with E-state index in [4.69, 9.17) is 5.73 Å². The SMILES string of the molecule is CC1CC(c2ccccc2)CN1C(=O)CCCN. The lowest BCUT2D eigenvalue weighted by molar-refractivity contribution is -0.131. The van der Waals surface area contributed by atoms with E-state index in [9.17, 15) is 4.79 Å². The lowest BCUT2D eigenvalue weighted by Gasteiger charge is -2.21. The van der Waals surface area contributed by atoms with Crippen molar-refractivity contribution in [1.82, 2.24) is 4.90 Å². The minimum atomic E-state index is 0.256. The van der Waals surface area contributed by atoms with E-state index in [1.54, 1.807) is 0 Å². The smallest absolute Gasteiger partial charge is 0.222 e. The molecule has 0 aliphatic carbocycles. The number of hydrogen-bond acceptors (Lipinski definition) is 2. The number of carbonyl (C=O) groups excluding carboxylic acids is 1. The Kier molecular flexibility index (Phi) is 4.37. The first-order chi connectivity index (χ1) is 8.72. The van der Waals surface area contributed by atoms with Gasteiger partial charge in [0.25, 0.3) is 0 Å². The highest BCUT2D eigenvalue weighted by molar-refractivity contribution is 5.77. The summed E-state index contributed by atoms with van der Waals surface area (Å²) in [5.74, 6) is 0.745. The topological polar surface area (TPSA) is 46.3 Å². The van der Waals surface area contributed by atoms with Gasteiger partial charge in [-0.2, -0.15) is 0 Å². The number of amides is 1. The molecule has 3 nitrogen and oxygen atoms in total. The summed E-state index contributed by atoms with van der Waals surface area (Å²) in [6, 6.07) is 10.8. The number of nitrogens with two attached hydrogens (primary N) is 1. The normalized spacial score (nSPS) is 23.3. The molecule has 98 valence electrons. The summed E-state index contributed by atoms with van der Waals surface area (Å²) in [7, 11) is 0. The van der Waals surface area contributed by atoms with Gasteiger partial charge in [-0.25, -0.2) is 0 Å². The van der Waals surface area contributed by atoms with Crippen LogP contribution in [0.4, 0.5) is 0 Å². The molecule has 2 rings (SSSR count). The molecule has 2 atom stereocenters. The summed E-state index contributed by atoms with van der Waals surface area (Å²) in [5.41, 5.74) is 6.80. The van der Waals surface area contributed by atoms with Crippen molar-refractivity contribution in [2.75, 3.05) is 13.1 Å². The van der Waals surface area contributed by atoms with Gasteiger partial charge < -0.3 is 10.6 Å². The van der Waals surface area contributed by atoms with Crippen molar-refractivity contribution in [3.8, 4) is 0 Å². The van der Waals surface area contributed by atoms with E-state index in [1.165, 1.54) is 5.56 Å². The molecule has 1 aliphatic rings. The highest BCUT2D eigenvalue weighted by atomic mass is 16.2. The number of hydrogen-bond donors (Lipinski definition) is 1. The van der Waals surface area contributed by atoms with Crippen molar-refractivity contribution in [3.05, 3.63) is 35.9 Å². The van der Waals surface area contributed by atoms with E-state index in [2.05, 4.69) is 31.2 Å². The molecule has 3 heteroatoms. The standard InChI is InChI=1S/C15H22N2O/c1-12-10-14(13-6-3-2-4-7-13)11-17(12)15(18)8-5-9-16/h2-4,6-7,12,14H,5,8-11,16H2,1H3.